The number of rotatable bonds is 3. The highest BCUT2D eigenvalue weighted by Gasteiger charge is 1.99. The van der Waals surface area contributed by atoms with Gasteiger partial charge in [0, 0.05) is 18.8 Å². The van der Waals surface area contributed by atoms with Gasteiger partial charge in [-0.15, -0.1) is 0 Å². The highest BCUT2D eigenvalue weighted by molar-refractivity contribution is 9.10. The van der Waals surface area contributed by atoms with Gasteiger partial charge in [-0.1, -0.05) is 0 Å². The molecule has 0 aliphatic rings. The molecule has 0 aliphatic heterocycles. The Labute approximate surface area is 91.5 Å². The molecule has 0 radical (unpaired) electrons. The van der Waals surface area contributed by atoms with E-state index in [0.29, 0.717) is 6.61 Å². The molecule has 0 saturated carbocycles. The van der Waals surface area contributed by atoms with Crippen molar-refractivity contribution in [2.24, 2.45) is 7.05 Å². The van der Waals surface area contributed by atoms with Crippen molar-refractivity contribution >= 4 is 28.0 Å². The van der Waals surface area contributed by atoms with Crippen molar-refractivity contribution < 1.29 is 9.53 Å². The summed E-state index contributed by atoms with van der Waals surface area (Å²) in [6, 6.07) is 3.84. The predicted octanol–water partition coefficient (Wildman–Crippen LogP) is 2.36. The topological polar surface area (TPSA) is 31.2 Å². The lowest BCUT2D eigenvalue weighted by atomic mass is 10.4. The maximum Gasteiger partial charge on any atom is 0.330 e. The smallest absolute Gasteiger partial charge is 0.330 e. The Morgan fingerprint density at radius 3 is 2.86 bits per heavy atom. The molecule has 1 aromatic rings. The first kappa shape index (κ1) is 11.0. The molecule has 3 nitrogen and oxygen atoms in total. The maximum atomic E-state index is 11.0. The van der Waals surface area contributed by atoms with Crippen molar-refractivity contribution in [2.75, 3.05) is 6.61 Å². The van der Waals surface area contributed by atoms with E-state index in [0.717, 1.165) is 10.3 Å². The van der Waals surface area contributed by atoms with Gasteiger partial charge in [-0.05, 0) is 41.1 Å². The molecule has 76 valence electrons. The molecule has 1 aromatic heterocycles. The largest absolute Gasteiger partial charge is 0.463 e. The molecular formula is C10H12BrNO2. The summed E-state index contributed by atoms with van der Waals surface area (Å²) in [5, 5.41) is 0. The highest BCUT2D eigenvalue weighted by atomic mass is 79.9. The monoisotopic (exact) mass is 257 g/mol. The van der Waals surface area contributed by atoms with Crippen molar-refractivity contribution in [2.45, 2.75) is 6.92 Å². The van der Waals surface area contributed by atoms with Crippen LogP contribution in [0, 0.1) is 0 Å². The summed E-state index contributed by atoms with van der Waals surface area (Å²) >= 11 is 3.37. The number of hydrogen-bond donors (Lipinski definition) is 0. The third-order valence-electron chi connectivity index (χ3n) is 1.78. The average Bonchev–Trinajstić information content (AvgIpc) is 2.46. The van der Waals surface area contributed by atoms with Crippen LogP contribution in [-0.4, -0.2) is 17.1 Å². The van der Waals surface area contributed by atoms with E-state index in [1.165, 1.54) is 6.08 Å². The lowest BCUT2D eigenvalue weighted by Gasteiger charge is -1.98. The minimum Gasteiger partial charge on any atom is -0.463 e. The van der Waals surface area contributed by atoms with Crippen LogP contribution in [0.15, 0.2) is 22.8 Å². The Balaban J connectivity index is 2.69. The Kier molecular flexibility index (Phi) is 3.95. The fraction of sp³-hybridized carbons (Fsp3) is 0.300. The second-order valence-electron chi connectivity index (χ2n) is 2.73. The van der Waals surface area contributed by atoms with Crippen LogP contribution in [0.1, 0.15) is 12.6 Å². The van der Waals surface area contributed by atoms with Crippen LogP contribution < -0.4 is 0 Å². The number of halogens is 1. The second-order valence-corrected chi connectivity index (χ2v) is 3.54. The summed E-state index contributed by atoms with van der Waals surface area (Å²) in [6.45, 7) is 2.19. The van der Waals surface area contributed by atoms with Gasteiger partial charge in [-0.2, -0.15) is 0 Å². The molecule has 0 amide bonds. The van der Waals surface area contributed by atoms with E-state index < -0.39 is 0 Å². The first-order valence-corrected chi connectivity index (χ1v) is 5.10. The van der Waals surface area contributed by atoms with E-state index >= 15 is 0 Å². The predicted molar refractivity (Wildman–Crippen MR) is 58.8 cm³/mol. The summed E-state index contributed by atoms with van der Waals surface area (Å²) < 4.78 is 7.66. The fourth-order valence-electron chi connectivity index (χ4n) is 1.01. The van der Waals surface area contributed by atoms with Crippen molar-refractivity contribution in [3.63, 3.8) is 0 Å². The van der Waals surface area contributed by atoms with Gasteiger partial charge in [0.25, 0.3) is 0 Å². The molecule has 0 spiro atoms. The summed E-state index contributed by atoms with van der Waals surface area (Å²) in [4.78, 5) is 11.0. The molecule has 0 aliphatic carbocycles. The normalized spacial score (nSPS) is 10.8. The Morgan fingerprint density at radius 2 is 2.36 bits per heavy atom. The summed E-state index contributed by atoms with van der Waals surface area (Å²) in [5.74, 6) is -0.315. The summed E-state index contributed by atoms with van der Waals surface area (Å²) in [7, 11) is 1.91. The SMILES string of the molecule is CCOC(=O)/C=C/c1ccc(Br)n1C. The van der Waals surface area contributed by atoms with Gasteiger partial charge in [0.05, 0.1) is 11.2 Å². The molecular weight excluding hydrogens is 246 g/mol. The number of esters is 1. The van der Waals surface area contributed by atoms with Crippen LogP contribution >= 0.6 is 15.9 Å². The third kappa shape index (κ3) is 2.73. The Hall–Kier alpha value is -1.03. The second kappa shape index (κ2) is 5.00. The number of aromatic nitrogens is 1. The molecule has 1 rings (SSSR count). The van der Waals surface area contributed by atoms with Crippen LogP contribution in [0.5, 0.6) is 0 Å². The highest BCUT2D eigenvalue weighted by Crippen LogP contribution is 2.14. The maximum absolute atomic E-state index is 11.0. The van der Waals surface area contributed by atoms with E-state index in [4.69, 9.17) is 4.74 Å². The Bertz CT molecular complexity index is 355. The van der Waals surface area contributed by atoms with Crippen molar-refractivity contribution in [1.29, 1.82) is 0 Å². The number of nitrogens with zero attached hydrogens (tertiary/aromatic N) is 1. The van der Waals surface area contributed by atoms with Gasteiger partial charge in [-0.25, -0.2) is 4.79 Å². The van der Waals surface area contributed by atoms with Crippen LogP contribution in [0.3, 0.4) is 0 Å². The van der Waals surface area contributed by atoms with Gasteiger partial charge < -0.3 is 9.30 Å². The first-order valence-electron chi connectivity index (χ1n) is 4.31. The lowest BCUT2D eigenvalue weighted by Crippen LogP contribution is -1.99. The number of hydrogen-bond acceptors (Lipinski definition) is 2. The fourth-order valence-corrected chi connectivity index (χ4v) is 1.35. The molecule has 0 N–H and O–H groups in total. The van der Waals surface area contributed by atoms with E-state index in [-0.39, 0.29) is 5.97 Å². The zero-order valence-corrected chi connectivity index (χ0v) is 9.74. The van der Waals surface area contributed by atoms with Crippen LogP contribution in [0.25, 0.3) is 6.08 Å². The minimum atomic E-state index is -0.315. The van der Waals surface area contributed by atoms with Crippen molar-refractivity contribution in [3.8, 4) is 0 Å². The van der Waals surface area contributed by atoms with E-state index in [1.54, 1.807) is 13.0 Å². The van der Waals surface area contributed by atoms with Gasteiger partial charge in [0.1, 0.15) is 0 Å². The van der Waals surface area contributed by atoms with Gasteiger partial charge in [-0.3, -0.25) is 0 Å². The molecule has 4 heteroatoms. The van der Waals surface area contributed by atoms with Gasteiger partial charge in [0.2, 0.25) is 0 Å². The summed E-state index contributed by atoms with van der Waals surface area (Å²) in [5.41, 5.74) is 0.949. The molecule has 0 bridgehead atoms. The number of carbonyl (C=O) groups excluding carboxylic acids is 1. The quantitative estimate of drug-likeness (QED) is 0.615. The van der Waals surface area contributed by atoms with E-state index in [2.05, 4.69) is 15.9 Å². The van der Waals surface area contributed by atoms with Crippen LogP contribution in [0.4, 0.5) is 0 Å². The molecule has 0 saturated heterocycles. The average molecular weight is 258 g/mol. The third-order valence-corrected chi connectivity index (χ3v) is 2.57. The van der Waals surface area contributed by atoms with Gasteiger partial charge in [0.15, 0.2) is 0 Å². The summed E-state index contributed by atoms with van der Waals surface area (Å²) in [6.07, 6.45) is 3.15. The number of ether oxygens (including phenoxy) is 1. The van der Waals surface area contributed by atoms with Crippen LogP contribution in [-0.2, 0) is 16.6 Å². The molecule has 0 atom stereocenters. The van der Waals surface area contributed by atoms with Crippen molar-refractivity contribution in [3.05, 3.63) is 28.5 Å². The molecule has 0 fully saturated rings. The van der Waals surface area contributed by atoms with E-state index in [1.807, 2.05) is 23.7 Å². The van der Waals surface area contributed by atoms with Crippen molar-refractivity contribution in [1.82, 2.24) is 4.57 Å². The molecule has 1 heterocycles. The molecule has 0 unspecified atom stereocenters. The van der Waals surface area contributed by atoms with E-state index in [9.17, 15) is 4.79 Å². The zero-order valence-electron chi connectivity index (χ0n) is 8.16. The minimum absolute atomic E-state index is 0.315. The zero-order chi connectivity index (χ0) is 10.6. The number of carbonyl (C=O) groups is 1. The molecule has 14 heavy (non-hydrogen) atoms. The lowest BCUT2D eigenvalue weighted by molar-refractivity contribution is -0.137. The molecule has 0 aromatic carbocycles. The van der Waals surface area contributed by atoms with Gasteiger partial charge >= 0.3 is 5.97 Å². The standard InChI is InChI=1S/C10H12BrNO2/c1-3-14-10(13)7-5-8-4-6-9(11)12(8)2/h4-7H,3H2,1-2H3/b7-5+. The Morgan fingerprint density at radius 1 is 1.64 bits per heavy atom. The first-order chi connectivity index (χ1) is 6.65. The van der Waals surface area contributed by atoms with Crippen LogP contribution in [0.2, 0.25) is 0 Å².